The molecule has 82 valence electrons. The summed E-state index contributed by atoms with van der Waals surface area (Å²) >= 11 is 5.78. The lowest BCUT2D eigenvalue weighted by atomic mass is 9.97. The number of rotatable bonds is 1. The molecule has 1 aromatic rings. The van der Waals surface area contributed by atoms with Gasteiger partial charge < -0.3 is 10.0 Å². The van der Waals surface area contributed by atoms with Crippen LogP contribution < -0.4 is 4.90 Å². The average Bonchev–Trinajstić information content (AvgIpc) is 2.22. The topological polar surface area (TPSA) is 49.2 Å². The Morgan fingerprint density at radius 1 is 1.53 bits per heavy atom. The molecule has 1 N–H and O–H groups in total. The Balaban J connectivity index is 2.12. The SMILES string of the molecule is CC1CN(c2cncc(Cl)n2)CCC1O. The van der Waals surface area contributed by atoms with Crippen LogP contribution in [0.15, 0.2) is 12.4 Å². The van der Waals surface area contributed by atoms with Gasteiger partial charge in [-0.3, -0.25) is 4.98 Å². The number of aromatic nitrogens is 2. The third kappa shape index (κ3) is 2.38. The van der Waals surface area contributed by atoms with Crippen LogP contribution in [0.25, 0.3) is 0 Å². The highest BCUT2D eigenvalue weighted by Gasteiger charge is 2.24. The largest absolute Gasteiger partial charge is 0.393 e. The lowest BCUT2D eigenvalue weighted by molar-refractivity contribution is 0.0968. The van der Waals surface area contributed by atoms with Crippen LogP contribution in [0.3, 0.4) is 0 Å². The van der Waals surface area contributed by atoms with Gasteiger partial charge in [0, 0.05) is 13.1 Å². The molecular weight excluding hydrogens is 214 g/mol. The van der Waals surface area contributed by atoms with Crippen LogP contribution in [0.5, 0.6) is 0 Å². The molecule has 0 radical (unpaired) electrons. The number of hydrogen-bond acceptors (Lipinski definition) is 4. The summed E-state index contributed by atoms with van der Waals surface area (Å²) in [7, 11) is 0. The van der Waals surface area contributed by atoms with Gasteiger partial charge in [-0.1, -0.05) is 18.5 Å². The summed E-state index contributed by atoms with van der Waals surface area (Å²) in [4.78, 5) is 10.3. The van der Waals surface area contributed by atoms with Gasteiger partial charge in [-0.15, -0.1) is 0 Å². The molecule has 1 fully saturated rings. The molecule has 2 rings (SSSR count). The van der Waals surface area contributed by atoms with E-state index in [9.17, 15) is 5.11 Å². The predicted octanol–water partition coefficient (Wildman–Crippen LogP) is 1.34. The molecule has 1 saturated heterocycles. The maximum atomic E-state index is 9.61. The number of piperidine rings is 1. The Morgan fingerprint density at radius 3 is 3.00 bits per heavy atom. The molecule has 2 atom stereocenters. The van der Waals surface area contributed by atoms with E-state index in [-0.39, 0.29) is 12.0 Å². The second-order valence-electron chi connectivity index (χ2n) is 3.98. The van der Waals surface area contributed by atoms with E-state index in [1.54, 1.807) is 6.20 Å². The van der Waals surface area contributed by atoms with Crippen molar-refractivity contribution >= 4 is 17.4 Å². The van der Waals surface area contributed by atoms with Crippen LogP contribution in [0.4, 0.5) is 5.82 Å². The average molecular weight is 228 g/mol. The van der Waals surface area contributed by atoms with E-state index in [4.69, 9.17) is 11.6 Å². The number of nitrogens with zero attached hydrogens (tertiary/aromatic N) is 3. The highest BCUT2D eigenvalue weighted by atomic mass is 35.5. The van der Waals surface area contributed by atoms with Crippen molar-refractivity contribution in [1.29, 1.82) is 0 Å². The maximum absolute atomic E-state index is 9.61. The van der Waals surface area contributed by atoms with Crippen LogP contribution in [0.2, 0.25) is 5.15 Å². The molecule has 0 saturated carbocycles. The van der Waals surface area contributed by atoms with Crippen molar-refractivity contribution in [3.05, 3.63) is 17.5 Å². The summed E-state index contributed by atoms with van der Waals surface area (Å²) in [5.74, 6) is 1.06. The lowest BCUT2D eigenvalue weighted by Gasteiger charge is -2.34. The fourth-order valence-electron chi connectivity index (χ4n) is 1.83. The van der Waals surface area contributed by atoms with Gasteiger partial charge in [-0.2, -0.15) is 0 Å². The minimum absolute atomic E-state index is 0.201. The Morgan fingerprint density at radius 2 is 2.33 bits per heavy atom. The summed E-state index contributed by atoms with van der Waals surface area (Å²) in [6.45, 7) is 3.64. The molecular formula is C10H14ClN3O. The van der Waals surface area contributed by atoms with Crippen molar-refractivity contribution in [1.82, 2.24) is 9.97 Å². The van der Waals surface area contributed by atoms with Gasteiger partial charge in [-0.05, 0) is 12.3 Å². The Labute approximate surface area is 93.9 Å². The molecule has 2 heterocycles. The Hall–Kier alpha value is -0.870. The first-order valence-electron chi connectivity index (χ1n) is 5.07. The van der Waals surface area contributed by atoms with Gasteiger partial charge in [0.05, 0.1) is 18.5 Å². The number of aliphatic hydroxyl groups is 1. The van der Waals surface area contributed by atoms with Crippen LogP contribution >= 0.6 is 11.6 Å². The van der Waals surface area contributed by atoms with E-state index < -0.39 is 0 Å². The van der Waals surface area contributed by atoms with E-state index in [1.165, 1.54) is 6.20 Å². The summed E-state index contributed by atoms with van der Waals surface area (Å²) < 4.78 is 0. The third-order valence-electron chi connectivity index (χ3n) is 2.78. The number of anilines is 1. The first-order valence-corrected chi connectivity index (χ1v) is 5.45. The smallest absolute Gasteiger partial charge is 0.149 e. The van der Waals surface area contributed by atoms with Crippen molar-refractivity contribution < 1.29 is 5.11 Å². The second kappa shape index (κ2) is 4.33. The normalized spacial score (nSPS) is 26.7. The molecule has 0 spiro atoms. The van der Waals surface area contributed by atoms with Crippen molar-refractivity contribution in [3.8, 4) is 0 Å². The van der Waals surface area contributed by atoms with Gasteiger partial charge in [0.2, 0.25) is 0 Å². The third-order valence-corrected chi connectivity index (χ3v) is 2.96. The minimum atomic E-state index is -0.201. The van der Waals surface area contributed by atoms with Crippen LogP contribution in [-0.4, -0.2) is 34.3 Å². The fraction of sp³-hybridized carbons (Fsp3) is 0.600. The number of halogens is 1. The zero-order valence-electron chi connectivity index (χ0n) is 8.60. The van der Waals surface area contributed by atoms with Crippen molar-refractivity contribution in [2.75, 3.05) is 18.0 Å². The molecule has 15 heavy (non-hydrogen) atoms. The van der Waals surface area contributed by atoms with E-state index in [2.05, 4.69) is 14.9 Å². The van der Waals surface area contributed by atoms with Gasteiger partial charge in [0.15, 0.2) is 0 Å². The monoisotopic (exact) mass is 227 g/mol. The molecule has 1 aromatic heterocycles. The summed E-state index contributed by atoms with van der Waals surface area (Å²) in [5.41, 5.74) is 0. The van der Waals surface area contributed by atoms with Crippen LogP contribution in [0, 0.1) is 5.92 Å². The Bertz CT molecular complexity index is 347. The van der Waals surface area contributed by atoms with Crippen LogP contribution in [-0.2, 0) is 0 Å². The van der Waals surface area contributed by atoms with Crippen molar-refractivity contribution in [2.24, 2.45) is 5.92 Å². The van der Waals surface area contributed by atoms with Crippen molar-refractivity contribution in [2.45, 2.75) is 19.4 Å². The van der Waals surface area contributed by atoms with Gasteiger partial charge in [-0.25, -0.2) is 4.98 Å². The molecule has 0 aliphatic carbocycles. The number of aliphatic hydroxyl groups excluding tert-OH is 1. The molecule has 0 amide bonds. The maximum Gasteiger partial charge on any atom is 0.149 e. The summed E-state index contributed by atoms with van der Waals surface area (Å²) in [5, 5.41) is 10.0. The predicted molar refractivity (Wildman–Crippen MR) is 59.0 cm³/mol. The molecule has 0 aromatic carbocycles. The number of hydrogen-bond donors (Lipinski definition) is 1. The van der Waals surface area contributed by atoms with Crippen molar-refractivity contribution in [3.63, 3.8) is 0 Å². The highest BCUT2D eigenvalue weighted by Crippen LogP contribution is 2.21. The lowest BCUT2D eigenvalue weighted by Crippen LogP contribution is -2.42. The highest BCUT2D eigenvalue weighted by molar-refractivity contribution is 6.29. The zero-order chi connectivity index (χ0) is 10.8. The fourth-order valence-corrected chi connectivity index (χ4v) is 1.97. The van der Waals surface area contributed by atoms with E-state index >= 15 is 0 Å². The van der Waals surface area contributed by atoms with E-state index in [1.807, 2.05) is 6.92 Å². The van der Waals surface area contributed by atoms with Gasteiger partial charge in [0.25, 0.3) is 0 Å². The van der Waals surface area contributed by atoms with Gasteiger partial charge in [0.1, 0.15) is 11.0 Å². The molecule has 4 nitrogen and oxygen atoms in total. The molecule has 1 aliphatic heterocycles. The molecule has 2 unspecified atom stereocenters. The van der Waals surface area contributed by atoms with Gasteiger partial charge >= 0.3 is 0 Å². The minimum Gasteiger partial charge on any atom is -0.393 e. The van der Waals surface area contributed by atoms with E-state index in [0.29, 0.717) is 5.15 Å². The van der Waals surface area contributed by atoms with E-state index in [0.717, 1.165) is 25.3 Å². The molecule has 5 heteroatoms. The molecule has 0 bridgehead atoms. The van der Waals surface area contributed by atoms with Crippen LogP contribution in [0.1, 0.15) is 13.3 Å². The summed E-state index contributed by atoms with van der Waals surface area (Å²) in [6.07, 6.45) is 3.80. The summed E-state index contributed by atoms with van der Waals surface area (Å²) in [6, 6.07) is 0. The first-order chi connectivity index (χ1) is 7.16. The zero-order valence-corrected chi connectivity index (χ0v) is 9.35. The quantitative estimate of drug-likeness (QED) is 0.787. The second-order valence-corrected chi connectivity index (χ2v) is 4.37. The first kappa shape index (κ1) is 10.6. The standard InChI is InChI=1S/C10H14ClN3O/c1-7-6-14(3-2-8(7)15)10-5-12-4-9(11)13-10/h4-5,7-8,15H,2-3,6H2,1H3. The Kier molecular flexibility index (Phi) is 3.07. The molecule has 1 aliphatic rings.